The van der Waals surface area contributed by atoms with Crippen LogP contribution >= 0.6 is 0 Å². The zero-order chi connectivity index (χ0) is 15.6. The van der Waals surface area contributed by atoms with E-state index in [1.54, 1.807) is 32.6 Å². The summed E-state index contributed by atoms with van der Waals surface area (Å²) in [6.07, 6.45) is 1.78. The van der Waals surface area contributed by atoms with Crippen LogP contribution < -0.4 is 5.32 Å². The molecule has 1 unspecified atom stereocenters. The van der Waals surface area contributed by atoms with Crippen molar-refractivity contribution >= 4 is 12.0 Å². The van der Waals surface area contributed by atoms with E-state index in [4.69, 9.17) is 0 Å². The molecule has 1 saturated heterocycles. The largest absolute Gasteiger partial charge is 0.481 e. The van der Waals surface area contributed by atoms with Gasteiger partial charge in [-0.3, -0.25) is 4.79 Å². The first-order valence-electron chi connectivity index (χ1n) is 7.03. The Morgan fingerprint density at radius 3 is 2.40 bits per heavy atom. The van der Waals surface area contributed by atoms with Gasteiger partial charge in [-0.25, -0.2) is 4.79 Å². The molecule has 2 amide bonds. The van der Waals surface area contributed by atoms with Crippen molar-refractivity contribution in [2.75, 3.05) is 19.7 Å². The lowest BCUT2D eigenvalue weighted by Gasteiger charge is -2.41. The maximum Gasteiger partial charge on any atom is 0.317 e. The third kappa shape index (κ3) is 3.42. The molecule has 1 aliphatic heterocycles. The Morgan fingerprint density at radius 2 is 1.90 bits per heavy atom. The summed E-state index contributed by atoms with van der Waals surface area (Å²) in [6.45, 7) is 7.87. The molecule has 0 aromatic heterocycles. The SMILES string of the molecule is CC(C)(NC(=O)N1CCCC(CO)C1)C(C)(C)C(=O)O. The lowest BCUT2D eigenvalue weighted by Crippen LogP contribution is -2.60. The number of likely N-dealkylation sites (tertiary alicyclic amines) is 1. The lowest BCUT2D eigenvalue weighted by atomic mass is 9.74. The summed E-state index contributed by atoms with van der Waals surface area (Å²) in [5.41, 5.74) is -1.95. The van der Waals surface area contributed by atoms with Crippen LogP contribution in [0.3, 0.4) is 0 Å². The van der Waals surface area contributed by atoms with Crippen molar-refractivity contribution in [3.63, 3.8) is 0 Å². The molecule has 0 aromatic rings. The maximum atomic E-state index is 12.3. The Bertz CT molecular complexity index is 379. The van der Waals surface area contributed by atoms with Gasteiger partial charge in [0.15, 0.2) is 0 Å². The Balaban J connectivity index is 2.72. The van der Waals surface area contributed by atoms with Gasteiger partial charge >= 0.3 is 12.0 Å². The number of piperidine rings is 1. The van der Waals surface area contributed by atoms with E-state index in [1.165, 1.54) is 0 Å². The van der Waals surface area contributed by atoms with Crippen molar-refractivity contribution in [2.45, 2.75) is 46.1 Å². The summed E-state index contributed by atoms with van der Waals surface area (Å²) in [7, 11) is 0. The summed E-state index contributed by atoms with van der Waals surface area (Å²) < 4.78 is 0. The van der Waals surface area contributed by atoms with E-state index < -0.39 is 16.9 Å². The number of rotatable bonds is 4. The molecule has 0 spiro atoms. The van der Waals surface area contributed by atoms with E-state index in [1.807, 2.05) is 0 Å². The molecule has 0 bridgehead atoms. The van der Waals surface area contributed by atoms with E-state index in [-0.39, 0.29) is 18.6 Å². The number of carboxylic acids is 1. The van der Waals surface area contributed by atoms with Crippen molar-refractivity contribution < 1.29 is 19.8 Å². The first kappa shape index (κ1) is 16.8. The molecule has 6 heteroatoms. The highest BCUT2D eigenvalue weighted by molar-refractivity contribution is 5.79. The fourth-order valence-corrected chi connectivity index (χ4v) is 2.17. The predicted octanol–water partition coefficient (Wildman–Crippen LogP) is 1.29. The minimum absolute atomic E-state index is 0.0772. The molecule has 20 heavy (non-hydrogen) atoms. The van der Waals surface area contributed by atoms with E-state index in [0.717, 1.165) is 12.8 Å². The summed E-state index contributed by atoms with van der Waals surface area (Å²) in [5, 5.41) is 21.3. The monoisotopic (exact) mass is 286 g/mol. The van der Waals surface area contributed by atoms with E-state index in [2.05, 4.69) is 5.32 Å². The number of aliphatic carboxylic acids is 1. The number of hydrogen-bond acceptors (Lipinski definition) is 3. The third-order valence-electron chi connectivity index (χ3n) is 4.58. The molecule has 116 valence electrons. The molecule has 0 aliphatic carbocycles. The zero-order valence-corrected chi connectivity index (χ0v) is 12.8. The van der Waals surface area contributed by atoms with Crippen LogP contribution in [-0.4, -0.2) is 52.3 Å². The smallest absolute Gasteiger partial charge is 0.317 e. The summed E-state index contributed by atoms with van der Waals surface area (Å²) in [6, 6.07) is -0.262. The number of urea groups is 1. The fraction of sp³-hybridized carbons (Fsp3) is 0.857. The quantitative estimate of drug-likeness (QED) is 0.726. The Morgan fingerprint density at radius 1 is 1.30 bits per heavy atom. The summed E-state index contributed by atoms with van der Waals surface area (Å²) >= 11 is 0. The number of carboxylic acid groups (broad SMARTS) is 1. The number of carbonyl (C=O) groups is 2. The van der Waals surface area contributed by atoms with Crippen LogP contribution in [0, 0.1) is 11.3 Å². The first-order valence-corrected chi connectivity index (χ1v) is 7.03. The van der Waals surface area contributed by atoms with Gasteiger partial charge in [-0.05, 0) is 46.5 Å². The Hall–Kier alpha value is -1.30. The van der Waals surface area contributed by atoms with Crippen molar-refractivity contribution in [3.05, 3.63) is 0 Å². The first-order chi connectivity index (χ1) is 9.11. The summed E-state index contributed by atoms with van der Waals surface area (Å²) in [5.74, 6) is -0.834. The van der Waals surface area contributed by atoms with Gasteiger partial charge < -0.3 is 20.4 Å². The molecule has 1 heterocycles. The molecule has 6 nitrogen and oxygen atoms in total. The van der Waals surface area contributed by atoms with Crippen LogP contribution in [0.5, 0.6) is 0 Å². The normalized spacial score (nSPS) is 20.6. The van der Waals surface area contributed by atoms with Gasteiger partial charge in [0.25, 0.3) is 0 Å². The number of aliphatic hydroxyl groups excluding tert-OH is 1. The molecule has 1 rings (SSSR count). The second-order valence-corrected chi connectivity index (χ2v) is 6.62. The summed E-state index contributed by atoms with van der Waals surface area (Å²) in [4.78, 5) is 25.3. The maximum absolute atomic E-state index is 12.3. The molecule has 1 aliphatic rings. The molecule has 1 atom stereocenters. The molecule has 0 aromatic carbocycles. The lowest BCUT2D eigenvalue weighted by molar-refractivity contribution is -0.150. The average molecular weight is 286 g/mol. The van der Waals surface area contributed by atoms with Crippen molar-refractivity contribution in [2.24, 2.45) is 11.3 Å². The minimum atomic E-state index is -1.07. The zero-order valence-electron chi connectivity index (χ0n) is 12.8. The number of nitrogens with zero attached hydrogens (tertiary/aromatic N) is 1. The highest BCUT2D eigenvalue weighted by atomic mass is 16.4. The van der Waals surface area contributed by atoms with Crippen LogP contribution in [0.15, 0.2) is 0 Å². The highest BCUT2D eigenvalue weighted by Crippen LogP contribution is 2.31. The average Bonchev–Trinajstić information content (AvgIpc) is 2.37. The molecule has 3 N–H and O–H groups in total. The highest BCUT2D eigenvalue weighted by Gasteiger charge is 2.45. The fourth-order valence-electron chi connectivity index (χ4n) is 2.17. The topological polar surface area (TPSA) is 89.9 Å². The van der Waals surface area contributed by atoms with E-state index in [0.29, 0.717) is 13.1 Å². The Kier molecular flexibility index (Phi) is 5.02. The van der Waals surface area contributed by atoms with Gasteiger partial charge in [0.1, 0.15) is 0 Å². The standard InChI is InChI=1S/C14H26N2O4/c1-13(2,11(18)19)14(3,4)15-12(20)16-7-5-6-10(8-16)9-17/h10,17H,5-9H2,1-4H3,(H,15,20)(H,18,19). The van der Waals surface area contributed by atoms with Crippen molar-refractivity contribution in [3.8, 4) is 0 Å². The number of carbonyl (C=O) groups excluding carboxylic acids is 1. The number of nitrogens with one attached hydrogen (secondary N) is 1. The van der Waals surface area contributed by atoms with Gasteiger partial charge in [-0.15, -0.1) is 0 Å². The van der Waals surface area contributed by atoms with Gasteiger partial charge in [0.05, 0.1) is 11.0 Å². The van der Waals surface area contributed by atoms with Crippen LogP contribution in [0.2, 0.25) is 0 Å². The van der Waals surface area contributed by atoms with Crippen LogP contribution in [0.4, 0.5) is 4.79 Å². The second kappa shape index (κ2) is 5.99. The van der Waals surface area contributed by atoms with Gasteiger partial charge in [-0.2, -0.15) is 0 Å². The Labute approximate surface area is 120 Å². The number of hydrogen-bond donors (Lipinski definition) is 3. The van der Waals surface area contributed by atoms with Crippen LogP contribution in [0.25, 0.3) is 0 Å². The van der Waals surface area contributed by atoms with E-state index in [9.17, 15) is 19.8 Å². The van der Waals surface area contributed by atoms with Crippen LogP contribution in [-0.2, 0) is 4.79 Å². The molecule has 0 radical (unpaired) electrons. The van der Waals surface area contributed by atoms with Crippen molar-refractivity contribution in [1.82, 2.24) is 10.2 Å². The van der Waals surface area contributed by atoms with Crippen molar-refractivity contribution in [1.29, 1.82) is 0 Å². The molecular formula is C14H26N2O4. The van der Waals surface area contributed by atoms with Gasteiger partial charge in [0.2, 0.25) is 0 Å². The minimum Gasteiger partial charge on any atom is -0.481 e. The van der Waals surface area contributed by atoms with E-state index >= 15 is 0 Å². The van der Waals surface area contributed by atoms with Gasteiger partial charge in [0, 0.05) is 19.7 Å². The van der Waals surface area contributed by atoms with Gasteiger partial charge in [-0.1, -0.05) is 0 Å². The third-order valence-corrected chi connectivity index (χ3v) is 4.58. The second-order valence-electron chi connectivity index (χ2n) is 6.62. The van der Waals surface area contributed by atoms with Crippen LogP contribution in [0.1, 0.15) is 40.5 Å². The predicted molar refractivity (Wildman–Crippen MR) is 75.4 cm³/mol. The molecule has 0 saturated carbocycles. The number of amides is 2. The molecule has 1 fully saturated rings. The molecular weight excluding hydrogens is 260 g/mol. The number of aliphatic hydroxyl groups is 1.